The number of carbonyl (C=O) groups excluding carboxylic acids is 2. The molecule has 0 aliphatic rings. The number of para-hydroxylation sites is 1. The molecule has 0 heterocycles. The maximum Gasteiger partial charge on any atom is 0.339 e. The highest BCUT2D eigenvalue weighted by Crippen LogP contribution is 2.37. The van der Waals surface area contributed by atoms with Gasteiger partial charge in [0.15, 0.2) is 11.5 Å². The van der Waals surface area contributed by atoms with Crippen LogP contribution < -0.4 is 19.1 Å². The van der Waals surface area contributed by atoms with Gasteiger partial charge in [0.05, 0.1) is 56.6 Å². The lowest BCUT2D eigenvalue weighted by molar-refractivity contribution is 0.0602. The molecule has 36 heavy (non-hydrogen) atoms. The Morgan fingerprint density at radius 1 is 0.917 bits per heavy atom. The standard InChI is InChI=1S/C25H25FN2O7S/c1-33-22-13-18(24(29)27-20-12-8-6-10-17(20)25(30)35-3)21(14-23(22)34-2)28(36(4,31)32)15-16-9-5-7-11-19(16)26/h5-14H,15H2,1-4H3,(H,27,29). The summed E-state index contributed by atoms with van der Waals surface area (Å²) in [5, 5.41) is 2.62. The summed E-state index contributed by atoms with van der Waals surface area (Å²) < 4.78 is 56.4. The normalized spacial score (nSPS) is 10.9. The van der Waals surface area contributed by atoms with E-state index in [-0.39, 0.29) is 46.1 Å². The number of sulfonamides is 1. The predicted octanol–water partition coefficient (Wildman–Crippen LogP) is 3.85. The predicted molar refractivity (Wildman–Crippen MR) is 133 cm³/mol. The highest BCUT2D eigenvalue weighted by atomic mass is 32.2. The average molecular weight is 517 g/mol. The number of rotatable bonds is 9. The second-order valence-corrected chi connectivity index (χ2v) is 9.48. The Balaban J connectivity index is 2.17. The van der Waals surface area contributed by atoms with Crippen LogP contribution in [0.5, 0.6) is 11.5 Å². The van der Waals surface area contributed by atoms with Crippen molar-refractivity contribution in [2.75, 3.05) is 37.2 Å². The van der Waals surface area contributed by atoms with E-state index in [2.05, 4.69) is 5.32 Å². The SMILES string of the molecule is COC(=O)c1ccccc1NC(=O)c1cc(OC)c(OC)cc1N(Cc1ccccc1F)S(C)(=O)=O. The number of anilines is 2. The maximum absolute atomic E-state index is 14.4. The van der Waals surface area contributed by atoms with E-state index < -0.39 is 27.7 Å². The number of nitrogens with one attached hydrogen (secondary N) is 1. The summed E-state index contributed by atoms with van der Waals surface area (Å²) in [6.07, 6.45) is 0.943. The first kappa shape index (κ1) is 26.5. The van der Waals surface area contributed by atoms with E-state index in [0.29, 0.717) is 0 Å². The van der Waals surface area contributed by atoms with Crippen molar-refractivity contribution in [3.63, 3.8) is 0 Å². The van der Waals surface area contributed by atoms with Crippen LogP contribution in [-0.2, 0) is 21.3 Å². The molecule has 0 aliphatic carbocycles. The molecule has 0 saturated heterocycles. The van der Waals surface area contributed by atoms with Gasteiger partial charge in [-0.3, -0.25) is 9.10 Å². The summed E-state index contributed by atoms with van der Waals surface area (Å²) in [5.41, 5.74) is 0.150. The Hall–Kier alpha value is -4.12. The van der Waals surface area contributed by atoms with E-state index in [1.54, 1.807) is 18.2 Å². The number of benzene rings is 3. The van der Waals surface area contributed by atoms with Crippen LogP contribution in [0.3, 0.4) is 0 Å². The molecule has 0 radical (unpaired) electrons. The average Bonchev–Trinajstić information content (AvgIpc) is 2.86. The number of hydrogen-bond acceptors (Lipinski definition) is 7. The molecule has 0 saturated carbocycles. The lowest BCUT2D eigenvalue weighted by Gasteiger charge is -2.26. The smallest absolute Gasteiger partial charge is 0.339 e. The van der Waals surface area contributed by atoms with Crippen LogP contribution in [0.1, 0.15) is 26.3 Å². The Kier molecular flexibility index (Phi) is 8.15. The fourth-order valence-electron chi connectivity index (χ4n) is 3.49. The Morgan fingerprint density at radius 3 is 2.14 bits per heavy atom. The number of carbonyl (C=O) groups is 2. The molecule has 9 nitrogen and oxygen atoms in total. The van der Waals surface area contributed by atoms with Crippen molar-refractivity contribution >= 4 is 33.3 Å². The molecular weight excluding hydrogens is 491 g/mol. The molecule has 3 aromatic carbocycles. The summed E-state index contributed by atoms with van der Waals surface area (Å²) in [4.78, 5) is 25.6. The quantitative estimate of drug-likeness (QED) is 0.430. The van der Waals surface area contributed by atoms with Crippen molar-refractivity contribution in [3.8, 4) is 11.5 Å². The van der Waals surface area contributed by atoms with Crippen LogP contribution in [0.2, 0.25) is 0 Å². The van der Waals surface area contributed by atoms with Gasteiger partial charge in [-0.2, -0.15) is 0 Å². The van der Waals surface area contributed by atoms with Crippen LogP contribution in [0.15, 0.2) is 60.7 Å². The molecule has 0 fully saturated rings. The topological polar surface area (TPSA) is 111 Å². The summed E-state index contributed by atoms with van der Waals surface area (Å²) in [5.74, 6) is -1.71. The zero-order valence-corrected chi connectivity index (χ0v) is 20.9. The number of amides is 1. The Morgan fingerprint density at radius 2 is 1.53 bits per heavy atom. The van der Waals surface area contributed by atoms with Crippen molar-refractivity contribution in [2.45, 2.75) is 6.54 Å². The number of ether oxygens (including phenoxy) is 3. The molecule has 0 spiro atoms. The van der Waals surface area contributed by atoms with Crippen LogP contribution in [0, 0.1) is 5.82 Å². The first-order valence-electron chi connectivity index (χ1n) is 10.6. The molecule has 3 aromatic rings. The number of nitrogens with zero attached hydrogens (tertiary/aromatic N) is 1. The van der Waals surface area contributed by atoms with E-state index in [4.69, 9.17) is 14.2 Å². The molecule has 0 aromatic heterocycles. The molecule has 1 amide bonds. The van der Waals surface area contributed by atoms with Crippen molar-refractivity contribution in [2.24, 2.45) is 0 Å². The molecule has 0 bridgehead atoms. The third-order valence-corrected chi connectivity index (χ3v) is 6.39. The van der Waals surface area contributed by atoms with Gasteiger partial charge in [0.2, 0.25) is 10.0 Å². The zero-order valence-electron chi connectivity index (χ0n) is 20.1. The third kappa shape index (κ3) is 5.74. The molecule has 0 aliphatic heterocycles. The second kappa shape index (κ2) is 11.1. The van der Waals surface area contributed by atoms with Gasteiger partial charge in [0.25, 0.3) is 5.91 Å². The number of esters is 1. The minimum Gasteiger partial charge on any atom is -0.493 e. The maximum atomic E-state index is 14.4. The van der Waals surface area contributed by atoms with Gasteiger partial charge in [0, 0.05) is 11.6 Å². The number of halogens is 1. The van der Waals surface area contributed by atoms with Gasteiger partial charge in [-0.15, -0.1) is 0 Å². The van der Waals surface area contributed by atoms with Gasteiger partial charge in [-0.1, -0.05) is 30.3 Å². The largest absolute Gasteiger partial charge is 0.493 e. The van der Waals surface area contributed by atoms with Crippen molar-refractivity contribution in [1.29, 1.82) is 0 Å². The van der Waals surface area contributed by atoms with Crippen molar-refractivity contribution < 1.29 is 36.6 Å². The van der Waals surface area contributed by atoms with E-state index in [0.717, 1.165) is 10.6 Å². The summed E-state index contributed by atoms with van der Waals surface area (Å²) in [6, 6.07) is 14.5. The van der Waals surface area contributed by atoms with E-state index in [1.807, 2.05) is 0 Å². The van der Waals surface area contributed by atoms with E-state index in [1.165, 1.54) is 63.8 Å². The first-order valence-corrected chi connectivity index (χ1v) is 12.4. The fourth-order valence-corrected chi connectivity index (χ4v) is 4.37. The molecule has 0 unspecified atom stereocenters. The Bertz CT molecular complexity index is 1390. The lowest BCUT2D eigenvalue weighted by atomic mass is 10.1. The summed E-state index contributed by atoms with van der Waals surface area (Å²) >= 11 is 0. The van der Waals surface area contributed by atoms with Crippen LogP contribution in [-0.4, -0.2) is 47.9 Å². The summed E-state index contributed by atoms with van der Waals surface area (Å²) in [6.45, 7) is -0.389. The highest BCUT2D eigenvalue weighted by molar-refractivity contribution is 7.92. The van der Waals surface area contributed by atoms with Crippen molar-refractivity contribution in [1.82, 2.24) is 0 Å². The van der Waals surface area contributed by atoms with Crippen LogP contribution >= 0.6 is 0 Å². The number of hydrogen-bond donors (Lipinski definition) is 1. The van der Waals surface area contributed by atoms with Gasteiger partial charge >= 0.3 is 5.97 Å². The number of methoxy groups -OCH3 is 3. The molecule has 11 heteroatoms. The second-order valence-electron chi connectivity index (χ2n) is 7.58. The zero-order chi connectivity index (χ0) is 26.5. The third-order valence-electron chi connectivity index (χ3n) is 5.27. The van der Waals surface area contributed by atoms with Gasteiger partial charge in [-0.25, -0.2) is 17.6 Å². The van der Waals surface area contributed by atoms with E-state index >= 15 is 0 Å². The highest BCUT2D eigenvalue weighted by Gasteiger charge is 2.28. The minimum atomic E-state index is -4.02. The first-order chi connectivity index (χ1) is 17.1. The fraction of sp³-hybridized carbons (Fsp3) is 0.200. The lowest BCUT2D eigenvalue weighted by Crippen LogP contribution is -2.32. The van der Waals surface area contributed by atoms with Crippen molar-refractivity contribution in [3.05, 3.63) is 83.2 Å². The minimum absolute atomic E-state index is 0.0774. The van der Waals surface area contributed by atoms with Gasteiger partial charge in [-0.05, 0) is 24.3 Å². The van der Waals surface area contributed by atoms with Gasteiger partial charge in [0.1, 0.15) is 5.82 Å². The molecule has 1 N–H and O–H groups in total. The molecule has 0 atom stereocenters. The van der Waals surface area contributed by atoms with E-state index in [9.17, 15) is 22.4 Å². The monoisotopic (exact) mass is 516 g/mol. The molecular formula is C25H25FN2O7S. The van der Waals surface area contributed by atoms with Gasteiger partial charge < -0.3 is 19.5 Å². The van der Waals surface area contributed by atoms with Crippen LogP contribution in [0.4, 0.5) is 15.8 Å². The Labute approximate surface area is 208 Å². The molecule has 190 valence electrons. The van der Waals surface area contributed by atoms with Crippen LogP contribution in [0.25, 0.3) is 0 Å². The summed E-state index contributed by atoms with van der Waals surface area (Å²) in [7, 11) is -0.0900. The molecule has 3 rings (SSSR count).